The molecular formula is C35H66N6O7S2. The van der Waals surface area contributed by atoms with E-state index < -0.39 is 41.5 Å². The lowest BCUT2D eigenvalue weighted by atomic mass is 10.0. The summed E-state index contributed by atoms with van der Waals surface area (Å²) in [6.07, 6.45) is 11.1. The van der Waals surface area contributed by atoms with Crippen LogP contribution in [-0.4, -0.2) is 140 Å². The van der Waals surface area contributed by atoms with Crippen LogP contribution in [0.3, 0.4) is 0 Å². The van der Waals surface area contributed by atoms with Gasteiger partial charge >= 0.3 is 6.09 Å². The minimum absolute atomic E-state index is 0.00764. The van der Waals surface area contributed by atoms with Gasteiger partial charge in [-0.2, -0.15) is 23.5 Å². The number of hydrogen-bond donors (Lipinski definition) is 3. The first-order valence-electron chi connectivity index (χ1n) is 17.8. The van der Waals surface area contributed by atoms with Gasteiger partial charge in [-0.1, -0.05) is 12.8 Å². The van der Waals surface area contributed by atoms with Gasteiger partial charge in [-0.05, 0) is 89.7 Å². The van der Waals surface area contributed by atoms with Gasteiger partial charge in [0.25, 0.3) is 0 Å². The quantitative estimate of drug-likeness (QED) is 0.112. The maximum absolute atomic E-state index is 14.0. The van der Waals surface area contributed by atoms with Crippen LogP contribution in [0.25, 0.3) is 0 Å². The first-order valence-corrected chi connectivity index (χ1v) is 20.6. The highest BCUT2D eigenvalue weighted by Gasteiger charge is 2.35. The fourth-order valence-electron chi connectivity index (χ4n) is 4.89. The van der Waals surface area contributed by atoms with Crippen LogP contribution in [0.4, 0.5) is 4.79 Å². The maximum Gasteiger partial charge on any atom is 0.410 e. The van der Waals surface area contributed by atoms with Crippen LogP contribution in [0.1, 0.15) is 97.8 Å². The fraction of sp³-hybridized carbons (Fsp3) is 0.829. The molecule has 2 atom stereocenters. The molecule has 3 N–H and O–H groups in total. The first kappa shape index (κ1) is 47.3. The summed E-state index contributed by atoms with van der Waals surface area (Å²) >= 11 is 3.56. The smallest absolute Gasteiger partial charge is 0.410 e. The summed E-state index contributed by atoms with van der Waals surface area (Å²) in [4.78, 5) is 81.8. The maximum atomic E-state index is 14.0. The van der Waals surface area contributed by atoms with Crippen molar-refractivity contribution in [1.29, 1.82) is 0 Å². The number of likely N-dealkylation sites (N-methyl/N-ethyl adjacent to an activating group) is 3. The lowest BCUT2D eigenvalue weighted by Crippen LogP contribution is -2.56. The number of ether oxygens (including phenoxy) is 1. The van der Waals surface area contributed by atoms with Crippen LogP contribution in [0.2, 0.25) is 0 Å². The Bertz CT molecular complexity index is 1040. The molecule has 0 spiro atoms. The molecular weight excluding hydrogens is 681 g/mol. The number of carbonyl (C=O) groups is 6. The minimum atomic E-state index is -1.14. The largest absolute Gasteiger partial charge is 0.444 e. The summed E-state index contributed by atoms with van der Waals surface area (Å²) in [5, 5.41) is 8.35. The molecule has 15 heteroatoms. The second-order valence-corrected chi connectivity index (χ2v) is 15.5. The molecule has 0 aromatic heterocycles. The van der Waals surface area contributed by atoms with Crippen LogP contribution in [0.15, 0.2) is 0 Å². The summed E-state index contributed by atoms with van der Waals surface area (Å²) < 4.78 is 5.38. The van der Waals surface area contributed by atoms with Gasteiger partial charge in [0.15, 0.2) is 0 Å². The van der Waals surface area contributed by atoms with Gasteiger partial charge in [0.2, 0.25) is 29.5 Å². The van der Waals surface area contributed by atoms with Crippen molar-refractivity contribution in [2.75, 3.05) is 71.8 Å². The molecule has 13 nitrogen and oxygen atoms in total. The number of nitrogens with one attached hydrogen (secondary N) is 3. The molecule has 0 aliphatic carbocycles. The predicted octanol–water partition coefficient (Wildman–Crippen LogP) is 3.89. The number of hydrogen-bond acceptors (Lipinski definition) is 9. The number of rotatable bonds is 26. The van der Waals surface area contributed by atoms with Gasteiger partial charge in [-0.15, -0.1) is 0 Å². The topological polar surface area (TPSA) is 157 Å². The van der Waals surface area contributed by atoms with E-state index in [9.17, 15) is 28.8 Å². The van der Waals surface area contributed by atoms with E-state index in [1.54, 1.807) is 58.4 Å². The van der Waals surface area contributed by atoms with E-state index >= 15 is 0 Å². The van der Waals surface area contributed by atoms with Crippen LogP contribution >= 0.6 is 23.5 Å². The summed E-state index contributed by atoms with van der Waals surface area (Å²) in [5.74, 6) is 0.507. The summed E-state index contributed by atoms with van der Waals surface area (Å²) in [5.41, 5.74) is -0.671. The van der Waals surface area contributed by atoms with Gasteiger partial charge in [-0.25, -0.2) is 4.79 Å². The Morgan fingerprint density at radius 2 is 1.26 bits per heavy atom. The zero-order chi connectivity index (χ0) is 38.1. The number of carbonyl (C=O) groups excluding carboxylic acids is 6. The van der Waals surface area contributed by atoms with Crippen molar-refractivity contribution in [3.05, 3.63) is 0 Å². The minimum Gasteiger partial charge on any atom is -0.444 e. The predicted molar refractivity (Wildman–Crippen MR) is 204 cm³/mol. The van der Waals surface area contributed by atoms with Gasteiger partial charge in [0, 0.05) is 60.7 Å². The van der Waals surface area contributed by atoms with Gasteiger partial charge in [-0.3, -0.25) is 24.0 Å². The van der Waals surface area contributed by atoms with E-state index in [1.165, 1.54) is 28.8 Å². The molecule has 50 heavy (non-hydrogen) atoms. The molecule has 290 valence electrons. The molecule has 6 amide bonds. The van der Waals surface area contributed by atoms with E-state index in [0.29, 0.717) is 38.6 Å². The molecule has 0 aromatic rings. The average Bonchev–Trinajstić information content (AvgIpc) is 3.06. The zero-order valence-electron chi connectivity index (χ0n) is 32.2. The standard InChI is InChI=1S/C35H66N6O7S2/c1-35(2,3)48-34(47)40(6)23-22-39(5)33(46)28(26-31(44)36-4)41(7)32(45)27(38-30(43)20-13-11-17-25-50-9)18-14-15-21-37-29(42)19-12-10-16-24-49-8/h27-28H,10-26H2,1-9H3,(H,36,44)(H,37,42)(H,38,43)/t27-,28-/m0/s1. The molecule has 0 saturated heterocycles. The van der Waals surface area contributed by atoms with E-state index in [-0.39, 0.29) is 37.7 Å². The Morgan fingerprint density at radius 1 is 0.700 bits per heavy atom. The normalized spacial score (nSPS) is 12.3. The Hall–Kier alpha value is -2.68. The zero-order valence-corrected chi connectivity index (χ0v) is 33.8. The molecule has 0 aromatic carbocycles. The van der Waals surface area contributed by atoms with Gasteiger partial charge < -0.3 is 35.4 Å². The Morgan fingerprint density at radius 3 is 1.80 bits per heavy atom. The first-order chi connectivity index (χ1) is 23.6. The second-order valence-electron chi connectivity index (χ2n) is 13.6. The molecule has 0 fully saturated rings. The van der Waals surface area contributed by atoms with E-state index in [4.69, 9.17) is 4.74 Å². The molecule has 0 saturated carbocycles. The number of thioether (sulfide) groups is 2. The third-order valence-electron chi connectivity index (χ3n) is 7.99. The number of unbranched alkanes of at least 4 members (excludes halogenated alkanes) is 5. The van der Waals surface area contributed by atoms with E-state index in [0.717, 1.165) is 43.6 Å². The van der Waals surface area contributed by atoms with Gasteiger partial charge in [0.1, 0.15) is 17.7 Å². The fourth-order valence-corrected chi connectivity index (χ4v) is 5.88. The highest BCUT2D eigenvalue weighted by molar-refractivity contribution is 7.98. The van der Waals surface area contributed by atoms with Crippen LogP contribution < -0.4 is 16.0 Å². The molecule has 0 heterocycles. The highest BCUT2D eigenvalue weighted by Crippen LogP contribution is 2.14. The third kappa shape index (κ3) is 22.2. The average molecular weight is 747 g/mol. The summed E-state index contributed by atoms with van der Waals surface area (Å²) in [7, 11) is 6.04. The molecule has 0 aliphatic rings. The number of amides is 6. The second kappa shape index (κ2) is 27.0. The van der Waals surface area contributed by atoms with Crippen molar-refractivity contribution in [1.82, 2.24) is 30.7 Å². The highest BCUT2D eigenvalue weighted by atomic mass is 32.2. The lowest BCUT2D eigenvalue weighted by Gasteiger charge is -2.33. The van der Waals surface area contributed by atoms with Crippen LogP contribution in [-0.2, 0) is 28.7 Å². The van der Waals surface area contributed by atoms with Crippen molar-refractivity contribution in [2.24, 2.45) is 0 Å². The van der Waals surface area contributed by atoms with Crippen molar-refractivity contribution in [3.63, 3.8) is 0 Å². The SMILES string of the molecule is CNC(=O)C[C@@H](C(=O)N(C)CCN(C)C(=O)OC(C)(C)C)N(C)C(=O)[C@H](CCCCNC(=O)CCCCCSC)NC(=O)CCCCCSC. The van der Waals surface area contributed by atoms with Crippen molar-refractivity contribution in [2.45, 2.75) is 116 Å². The molecule has 0 radical (unpaired) electrons. The van der Waals surface area contributed by atoms with Crippen LogP contribution in [0.5, 0.6) is 0 Å². The van der Waals surface area contributed by atoms with Crippen molar-refractivity contribution >= 4 is 59.2 Å². The molecule has 0 aliphatic heterocycles. The Labute approximate surface area is 309 Å². The number of nitrogens with zero attached hydrogens (tertiary/aromatic N) is 3. The van der Waals surface area contributed by atoms with Gasteiger partial charge in [0.05, 0.1) is 6.42 Å². The van der Waals surface area contributed by atoms with Crippen LogP contribution in [0, 0.1) is 0 Å². The van der Waals surface area contributed by atoms with E-state index in [1.807, 2.05) is 6.26 Å². The Balaban J connectivity index is 5.60. The third-order valence-corrected chi connectivity index (χ3v) is 9.38. The van der Waals surface area contributed by atoms with E-state index in [2.05, 4.69) is 22.2 Å². The summed E-state index contributed by atoms with van der Waals surface area (Å²) in [6.45, 7) is 6.07. The monoisotopic (exact) mass is 746 g/mol. The molecule has 0 bridgehead atoms. The summed E-state index contributed by atoms with van der Waals surface area (Å²) in [6, 6.07) is -2.05. The Kier molecular flexibility index (Phi) is 25.6. The van der Waals surface area contributed by atoms with Crippen molar-refractivity contribution in [3.8, 4) is 0 Å². The molecule has 0 unspecified atom stereocenters. The molecule has 0 rings (SSSR count). The lowest BCUT2D eigenvalue weighted by molar-refractivity contribution is -0.147. The van der Waals surface area contributed by atoms with Crippen molar-refractivity contribution < 1.29 is 33.5 Å².